The third-order valence-electron chi connectivity index (χ3n) is 6.54. The van der Waals surface area contributed by atoms with E-state index in [4.69, 9.17) is 0 Å². The molecule has 2 aromatic carbocycles. The summed E-state index contributed by atoms with van der Waals surface area (Å²) in [7, 11) is -3.43. The highest BCUT2D eigenvalue weighted by atomic mass is 32.2. The molecule has 0 N–H and O–H groups in total. The number of sulfonamides is 1. The summed E-state index contributed by atoms with van der Waals surface area (Å²) in [4.78, 5) is 2.73. The zero-order valence-electron chi connectivity index (χ0n) is 17.6. The van der Waals surface area contributed by atoms with E-state index in [9.17, 15) is 8.42 Å². The molecule has 1 aliphatic carbocycles. The van der Waals surface area contributed by atoms with Gasteiger partial charge in [0.2, 0.25) is 10.0 Å². The van der Waals surface area contributed by atoms with Crippen molar-refractivity contribution in [1.82, 2.24) is 4.31 Å². The zero-order chi connectivity index (χ0) is 20.4. The molecule has 0 bridgehead atoms. The Morgan fingerprint density at radius 3 is 2.14 bits per heavy atom. The third kappa shape index (κ3) is 4.36. The van der Waals surface area contributed by atoms with E-state index in [2.05, 4.69) is 36.9 Å². The molecule has 156 valence electrons. The molecule has 4 rings (SSSR count). The average Bonchev–Trinajstić information content (AvgIpc) is 2.76. The Kier molecular flexibility index (Phi) is 5.98. The number of piperazine rings is 1. The van der Waals surface area contributed by atoms with Gasteiger partial charge < -0.3 is 4.90 Å². The molecule has 1 heterocycles. The first-order valence-corrected chi connectivity index (χ1v) is 12.3. The van der Waals surface area contributed by atoms with Crippen molar-refractivity contribution in [2.75, 3.05) is 31.1 Å². The molecule has 0 spiro atoms. The molecule has 0 aromatic heterocycles. The van der Waals surface area contributed by atoms with Crippen LogP contribution in [0.3, 0.4) is 0 Å². The summed E-state index contributed by atoms with van der Waals surface area (Å²) in [5.74, 6) is 0.599. The van der Waals surface area contributed by atoms with Crippen molar-refractivity contribution in [3.05, 3.63) is 59.2 Å². The second-order valence-electron chi connectivity index (χ2n) is 8.59. The minimum Gasteiger partial charge on any atom is -0.369 e. The average molecular weight is 413 g/mol. The van der Waals surface area contributed by atoms with E-state index >= 15 is 0 Å². The number of rotatable bonds is 4. The van der Waals surface area contributed by atoms with Crippen molar-refractivity contribution >= 4 is 15.7 Å². The Morgan fingerprint density at radius 1 is 0.828 bits per heavy atom. The smallest absolute Gasteiger partial charge is 0.243 e. The predicted octanol–water partition coefficient (Wildman–Crippen LogP) is 4.86. The quantitative estimate of drug-likeness (QED) is 0.720. The molecule has 2 fully saturated rings. The fraction of sp³-hybridized carbons (Fsp3) is 0.500. The molecule has 0 atom stereocenters. The van der Waals surface area contributed by atoms with Crippen LogP contribution in [0.15, 0.2) is 47.4 Å². The Hall–Kier alpha value is -1.85. The lowest BCUT2D eigenvalue weighted by atomic mass is 9.84. The van der Waals surface area contributed by atoms with E-state index in [-0.39, 0.29) is 0 Å². The number of hydrogen-bond acceptors (Lipinski definition) is 3. The lowest BCUT2D eigenvalue weighted by molar-refractivity contribution is 0.384. The highest BCUT2D eigenvalue weighted by Crippen LogP contribution is 2.33. The number of nitrogens with zero attached hydrogens (tertiary/aromatic N) is 2. The van der Waals surface area contributed by atoms with Crippen LogP contribution in [0.25, 0.3) is 0 Å². The van der Waals surface area contributed by atoms with E-state index in [1.165, 1.54) is 54.5 Å². The summed E-state index contributed by atoms with van der Waals surface area (Å²) < 4.78 is 27.9. The van der Waals surface area contributed by atoms with Gasteiger partial charge in [0, 0.05) is 31.9 Å². The van der Waals surface area contributed by atoms with Gasteiger partial charge in [-0.15, -0.1) is 0 Å². The van der Waals surface area contributed by atoms with Gasteiger partial charge in [0.25, 0.3) is 0 Å². The highest BCUT2D eigenvalue weighted by molar-refractivity contribution is 7.89. The first-order chi connectivity index (χ1) is 13.9. The first-order valence-electron chi connectivity index (χ1n) is 10.9. The number of benzene rings is 2. The van der Waals surface area contributed by atoms with Gasteiger partial charge in [0.1, 0.15) is 0 Å². The minimum atomic E-state index is -3.43. The zero-order valence-corrected chi connectivity index (χ0v) is 18.4. The molecule has 2 aromatic rings. The van der Waals surface area contributed by atoms with Crippen molar-refractivity contribution < 1.29 is 8.42 Å². The Labute approximate surface area is 175 Å². The maximum atomic E-state index is 13.1. The normalized spacial score (nSPS) is 19.4. The van der Waals surface area contributed by atoms with Gasteiger partial charge >= 0.3 is 0 Å². The van der Waals surface area contributed by atoms with Gasteiger partial charge in [-0.1, -0.05) is 43.5 Å². The minimum absolute atomic E-state index is 0.428. The molecule has 1 aliphatic heterocycles. The summed E-state index contributed by atoms with van der Waals surface area (Å²) in [6.45, 7) is 6.72. The van der Waals surface area contributed by atoms with Crippen molar-refractivity contribution in [3.63, 3.8) is 0 Å². The van der Waals surface area contributed by atoms with E-state index in [0.29, 0.717) is 23.9 Å². The summed E-state index contributed by atoms with van der Waals surface area (Å²) in [6.07, 6.45) is 6.36. The van der Waals surface area contributed by atoms with Gasteiger partial charge in [-0.3, -0.25) is 0 Å². The largest absolute Gasteiger partial charge is 0.369 e. The summed E-state index contributed by atoms with van der Waals surface area (Å²) >= 11 is 0. The van der Waals surface area contributed by atoms with E-state index in [1.54, 1.807) is 4.31 Å². The Bertz CT molecular complexity index is 939. The monoisotopic (exact) mass is 412 g/mol. The summed E-state index contributed by atoms with van der Waals surface area (Å²) in [5, 5.41) is 0. The molecule has 0 radical (unpaired) electrons. The topological polar surface area (TPSA) is 40.6 Å². The molecule has 2 aliphatic rings. The second-order valence-corrected chi connectivity index (χ2v) is 10.5. The van der Waals surface area contributed by atoms with Crippen molar-refractivity contribution in [2.24, 2.45) is 0 Å². The Morgan fingerprint density at radius 2 is 1.48 bits per heavy atom. The lowest BCUT2D eigenvalue weighted by Crippen LogP contribution is -2.48. The lowest BCUT2D eigenvalue weighted by Gasteiger charge is -2.36. The maximum absolute atomic E-state index is 13.1. The molecule has 4 nitrogen and oxygen atoms in total. The van der Waals surface area contributed by atoms with E-state index in [1.807, 2.05) is 24.3 Å². The van der Waals surface area contributed by atoms with Crippen LogP contribution in [0.5, 0.6) is 0 Å². The number of anilines is 1. The summed E-state index contributed by atoms with van der Waals surface area (Å²) in [6, 6.07) is 14.2. The second kappa shape index (κ2) is 8.49. The van der Waals surface area contributed by atoms with Crippen molar-refractivity contribution in [2.45, 2.75) is 56.8 Å². The van der Waals surface area contributed by atoms with Gasteiger partial charge in [-0.25, -0.2) is 8.42 Å². The van der Waals surface area contributed by atoms with Gasteiger partial charge in [-0.2, -0.15) is 4.31 Å². The van der Waals surface area contributed by atoms with Crippen LogP contribution in [-0.2, 0) is 10.0 Å². The molecule has 1 saturated heterocycles. The number of aryl methyl sites for hydroxylation is 2. The van der Waals surface area contributed by atoms with Crippen LogP contribution in [0.1, 0.15) is 54.7 Å². The van der Waals surface area contributed by atoms with Crippen molar-refractivity contribution in [1.29, 1.82) is 0 Å². The standard InChI is InChI=1S/C24H32N2O2S/c1-19-8-9-20(2)24(18-19)25-14-16-26(17-15-25)29(27,28)23-12-10-22(11-13-23)21-6-4-3-5-7-21/h8-13,18,21H,3-7,14-17H2,1-2H3. The van der Waals surface area contributed by atoms with Crippen LogP contribution >= 0.6 is 0 Å². The van der Waals surface area contributed by atoms with E-state index < -0.39 is 10.0 Å². The fourth-order valence-corrected chi connectivity index (χ4v) is 6.15. The summed E-state index contributed by atoms with van der Waals surface area (Å²) in [5.41, 5.74) is 4.99. The van der Waals surface area contributed by atoms with Crippen molar-refractivity contribution in [3.8, 4) is 0 Å². The third-order valence-corrected chi connectivity index (χ3v) is 8.45. The SMILES string of the molecule is Cc1ccc(C)c(N2CCN(S(=O)(=O)c3ccc(C4CCCCC4)cc3)CC2)c1. The fourth-order valence-electron chi connectivity index (χ4n) is 4.73. The number of hydrogen-bond donors (Lipinski definition) is 0. The molecule has 0 unspecified atom stereocenters. The first kappa shape index (κ1) is 20.4. The van der Waals surface area contributed by atoms with Crippen LogP contribution in [-0.4, -0.2) is 38.9 Å². The van der Waals surface area contributed by atoms with Crippen LogP contribution in [0, 0.1) is 13.8 Å². The molecule has 5 heteroatoms. The van der Waals surface area contributed by atoms with Gasteiger partial charge in [-0.05, 0) is 67.5 Å². The molecule has 0 amide bonds. The van der Waals surface area contributed by atoms with Gasteiger partial charge in [0.15, 0.2) is 0 Å². The molecule has 1 saturated carbocycles. The highest BCUT2D eigenvalue weighted by Gasteiger charge is 2.29. The van der Waals surface area contributed by atoms with E-state index in [0.717, 1.165) is 13.1 Å². The van der Waals surface area contributed by atoms with Crippen LogP contribution in [0.2, 0.25) is 0 Å². The molecular weight excluding hydrogens is 380 g/mol. The maximum Gasteiger partial charge on any atom is 0.243 e. The molecule has 29 heavy (non-hydrogen) atoms. The van der Waals surface area contributed by atoms with Crippen LogP contribution < -0.4 is 4.90 Å². The molecular formula is C24H32N2O2S. The van der Waals surface area contributed by atoms with Gasteiger partial charge in [0.05, 0.1) is 4.90 Å². The predicted molar refractivity (Wildman–Crippen MR) is 119 cm³/mol. The van der Waals surface area contributed by atoms with Crippen LogP contribution in [0.4, 0.5) is 5.69 Å². The Balaban J connectivity index is 1.44.